The second-order valence-corrected chi connectivity index (χ2v) is 4.83. The molecule has 1 N–H and O–H groups in total. The third kappa shape index (κ3) is 1.95. The van der Waals surface area contributed by atoms with Gasteiger partial charge in [-0.3, -0.25) is 9.19 Å². The van der Waals surface area contributed by atoms with E-state index in [-0.39, 0.29) is 5.25 Å². The summed E-state index contributed by atoms with van der Waals surface area (Å²) in [6.07, 6.45) is 4.39. The van der Waals surface area contributed by atoms with Gasteiger partial charge in [0.25, 0.3) is 0 Å². The molecule has 13 heavy (non-hydrogen) atoms. The summed E-state index contributed by atoms with van der Waals surface area (Å²) in [7, 11) is -0.861. The van der Waals surface area contributed by atoms with E-state index in [0.29, 0.717) is 0 Å². The number of hydrogen-bond acceptors (Lipinski definition) is 3. The predicted molar refractivity (Wildman–Crippen MR) is 51.9 cm³/mol. The molecule has 1 saturated heterocycles. The van der Waals surface area contributed by atoms with Crippen LogP contribution in [-0.2, 0) is 10.8 Å². The smallest absolute Gasteiger partial charge is 0.0575 e. The van der Waals surface area contributed by atoms with Crippen molar-refractivity contribution in [1.82, 2.24) is 10.3 Å². The normalized spacial score (nSPS) is 24.5. The Labute approximate surface area is 80.0 Å². The van der Waals surface area contributed by atoms with Crippen LogP contribution in [-0.4, -0.2) is 27.5 Å². The maximum Gasteiger partial charge on any atom is 0.0575 e. The number of hydrogen-bond donors (Lipinski definition) is 1. The standard InChI is InChI=1S/C9H12N2OS/c12-13(9-3-6-11-7-9)8-1-4-10-5-2-8/h1-2,4-5,9,11H,3,6-7H2. The summed E-state index contributed by atoms with van der Waals surface area (Å²) >= 11 is 0. The molecule has 70 valence electrons. The Hall–Kier alpha value is -0.740. The van der Waals surface area contributed by atoms with Crippen molar-refractivity contribution in [2.75, 3.05) is 13.1 Å². The first-order valence-electron chi connectivity index (χ1n) is 4.39. The average molecular weight is 196 g/mol. The largest absolute Gasteiger partial charge is 0.315 e. The molecule has 0 spiro atoms. The Morgan fingerprint density at radius 3 is 2.85 bits per heavy atom. The van der Waals surface area contributed by atoms with Crippen LogP contribution in [0.4, 0.5) is 0 Å². The predicted octanol–water partition coefficient (Wildman–Crippen LogP) is 0.551. The van der Waals surface area contributed by atoms with Gasteiger partial charge in [-0.15, -0.1) is 0 Å². The average Bonchev–Trinajstić information content (AvgIpc) is 2.71. The van der Waals surface area contributed by atoms with Crippen molar-refractivity contribution < 1.29 is 4.21 Å². The van der Waals surface area contributed by atoms with Crippen LogP contribution >= 0.6 is 0 Å². The summed E-state index contributed by atoms with van der Waals surface area (Å²) in [6.45, 7) is 1.86. The maximum absolute atomic E-state index is 11.9. The van der Waals surface area contributed by atoms with Gasteiger partial charge >= 0.3 is 0 Å². The van der Waals surface area contributed by atoms with E-state index in [1.54, 1.807) is 12.4 Å². The van der Waals surface area contributed by atoms with E-state index in [9.17, 15) is 4.21 Å². The fraction of sp³-hybridized carbons (Fsp3) is 0.444. The maximum atomic E-state index is 11.9. The van der Waals surface area contributed by atoms with Crippen LogP contribution in [0.2, 0.25) is 0 Å². The number of aromatic nitrogens is 1. The SMILES string of the molecule is O=S(c1ccncc1)C1CCNC1. The van der Waals surface area contributed by atoms with Crippen LogP contribution in [0.5, 0.6) is 0 Å². The van der Waals surface area contributed by atoms with Crippen molar-refractivity contribution in [3.8, 4) is 0 Å². The van der Waals surface area contributed by atoms with Gasteiger partial charge in [0.2, 0.25) is 0 Å². The topological polar surface area (TPSA) is 42.0 Å². The first-order valence-corrected chi connectivity index (χ1v) is 5.60. The van der Waals surface area contributed by atoms with Gasteiger partial charge in [0, 0.05) is 23.8 Å². The molecule has 0 amide bonds. The van der Waals surface area contributed by atoms with E-state index < -0.39 is 10.8 Å². The van der Waals surface area contributed by atoms with E-state index >= 15 is 0 Å². The molecule has 1 aromatic rings. The molecule has 1 fully saturated rings. The van der Waals surface area contributed by atoms with Gasteiger partial charge in [-0.1, -0.05) is 0 Å². The summed E-state index contributed by atoms with van der Waals surface area (Å²) in [5.41, 5.74) is 0. The fourth-order valence-electron chi connectivity index (χ4n) is 1.48. The van der Waals surface area contributed by atoms with E-state index in [1.807, 2.05) is 12.1 Å². The Bertz CT molecular complexity index is 296. The van der Waals surface area contributed by atoms with Gasteiger partial charge in [0.1, 0.15) is 0 Å². The van der Waals surface area contributed by atoms with Crippen molar-refractivity contribution in [3.05, 3.63) is 24.5 Å². The van der Waals surface area contributed by atoms with Crippen molar-refractivity contribution in [3.63, 3.8) is 0 Å². The molecule has 2 unspecified atom stereocenters. The molecule has 0 aliphatic carbocycles. The number of nitrogens with one attached hydrogen (secondary N) is 1. The molecular formula is C9H12N2OS. The molecule has 3 nitrogen and oxygen atoms in total. The first-order chi connectivity index (χ1) is 6.38. The number of nitrogens with zero attached hydrogens (tertiary/aromatic N) is 1. The highest BCUT2D eigenvalue weighted by Gasteiger charge is 2.21. The van der Waals surface area contributed by atoms with Crippen molar-refractivity contribution in [2.45, 2.75) is 16.6 Å². The Kier molecular flexibility index (Phi) is 2.71. The van der Waals surface area contributed by atoms with Gasteiger partial charge in [-0.05, 0) is 25.1 Å². The van der Waals surface area contributed by atoms with Crippen LogP contribution < -0.4 is 5.32 Å². The Balaban J connectivity index is 2.13. The van der Waals surface area contributed by atoms with Gasteiger partial charge in [0.05, 0.1) is 16.0 Å². The van der Waals surface area contributed by atoms with Crippen molar-refractivity contribution in [1.29, 1.82) is 0 Å². The van der Waals surface area contributed by atoms with E-state index in [2.05, 4.69) is 10.3 Å². The molecule has 1 aromatic heterocycles. The molecule has 0 radical (unpaired) electrons. The molecule has 2 heterocycles. The van der Waals surface area contributed by atoms with Gasteiger partial charge in [-0.2, -0.15) is 0 Å². The van der Waals surface area contributed by atoms with E-state index in [1.165, 1.54) is 0 Å². The summed E-state index contributed by atoms with van der Waals surface area (Å²) in [5.74, 6) is 0. The highest BCUT2D eigenvalue weighted by Crippen LogP contribution is 2.14. The van der Waals surface area contributed by atoms with Crippen LogP contribution in [0, 0.1) is 0 Å². The van der Waals surface area contributed by atoms with Crippen molar-refractivity contribution >= 4 is 10.8 Å². The van der Waals surface area contributed by atoms with Gasteiger partial charge in [-0.25, -0.2) is 0 Å². The van der Waals surface area contributed by atoms with Crippen LogP contribution in [0.25, 0.3) is 0 Å². The second kappa shape index (κ2) is 3.98. The lowest BCUT2D eigenvalue weighted by Gasteiger charge is -2.07. The van der Waals surface area contributed by atoms with E-state index in [4.69, 9.17) is 0 Å². The lowest BCUT2D eigenvalue weighted by Crippen LogP contribution is -2.18. The molecular weight excluding hydrogens is 184 g/mol. The molecule has 0 bridgehead atoms. The Morgan fingerprint density at radius 1 is 1.46 bits per heavy atom. The fourth-order valence-corrected chi connectivity index (χ4v) is 2.85. The minimum Gasteiger partial charge on any atom is -0.315 e. The third-order valence-corrected chi connectivity index (χ3v) is 3.94. The molecule has 2 atom stereocenters. The minimum atomic E-state index is -0.861. The third-order valence-electron chi connectivity index (χ3n) is 2.20. The van der Waals surface area contributed by atoms with E-state index in [0.717, 1.165) is 24.4 Å². The quantitative estimate of drug-likeness (QED) is 0.751. The summed E-state index contributed by atoms with van der Waals surface area (Å²) in [6, 6.07) is 3.66. The van der Waals surface area contributed by atoms with Crippen molar-refractivity contribution in [2.24, 2.45) is 0 Å². The molecule has 1 aliphatic rings. The zero-order chi connectivity index (χ0) is 9.10. The highest BCUT2D eigenvalue weighted by molar-refractivity contribution is 7.85. The molecule has 4 heteroatoms. The number of pyridine rings is 1. The van der Waals surface area contributed by atoms with Gasteiger partial charge < -0.3 is 5.32 Å². The van der Waals surface area contributed by atoms with Crippen LogP contribution in [0.15, 0.2) is 29.4 Å². The Morgan fingerprint density at radius 2 is 2.23 bits per heavy atom. The first kappa shape index (κ1) is 8.84. The van der Waals surface area contributed by atoms with Crippen LogP contribution in [0.3, 0.4) is 0 Å². The molecule has 1 aliphatic heterocycles. The van der Waals surface area contributed by atoms with Crippen LogP contribution in [0.1, 0.15) is 6.42 Å². The summed E-state index contributed by atoms with van der Waals surface area (Å²) in [5, 5.41) is 3.49. The second-order valence-electron chi connectivity index (χ2n) is 3.10. The van der Waals surface area contributed by atoms with Gasteiger partial charge in [0.15, 0.2) is 0 Å². The minimum absolute atomic E-state index is 0.280. The zero-order valence-corrected chi connectivity index (χ0v) is 8.09. The molecule has 2 rings (SSSR count). The highest BCUT2D eigenvalue weighted by atomic mass is 32.2. The molecule has 0 aromatic carbocycles. The molecule has 0 saturated carbocycles. The summed E-state index contributed by atoms with van der Waals surface area (Å²) < 4.78 is 11.9. The monoisotopic (exact) mass is 196 g/mol. The lowest BCUT2D eigenvalue weighted by molar-refractivity contribution is 0.672. The zero-order valence-electron chi connectivity index (χ0n) is 7.27. The number of rotatable bonds is 2. The summed E-state index contributed by atoms with van der Waals surface area (Å²) in [4.78, 5) is 4.80. The lowest BCUT2D eigenvalue weighted by atomic mass is 10.4.